The molecule has 8 nitrogen and oxygen atoms in total. The molecule has 220 valence electrons. The number of ether oxygens (including phenoxy) is 1. The van der Waals surface area contributed by atoms with Gasteiger partial charge in [0, 0.05) is 32.5 Å². The minimum Gasteiger partial charge on any atom is -0.483 e. The van der Waals surface area contributed by atoms with E-state index in [2.05, 4.69) is 10.3 Å². The van der Waals surface area contributed by atoms with E-state index in [9.17, 15) is 19.2 Å². The Kier molecular flexibility index (Phi) is 7.28. The highest BCUT2D eigenvalue weighted by Crippen LogP contribution is 2.54. The van der Waals surface area contributed by atoms with Crippen LogP contribution in [0, 0.1) is 12.8 Å². The van der Waals surface area contributed by atoms with Crippen LogP contribution in [0.3, 0.4) is 0 Å². The quantitative estimate of drug-likeness (QED) is 0.209. The summed E-state index contributed by atoms with van der Waals surface area (Å²) in [6, 6.07) is 25.6. The number of imide groups is 1. The number of halogens is 1. The number of hydrogen-bond donors (Lipinski definition) is 2. The molecule has 3 atom stereocenters. The van der Waals surface area contributed by atoms with Crippen LogP contribution in [0.15, 0.2) is 94.7 Å². The second-order valence-electron chi connectivity index (χ2n) is 10.6. The van der Waals surface area contributed by atoms with Crippen molar-refractivity contribution in [3.63, 3.8) is 0 Å². The fraction of sp³-hybridized carbons (Fsp3) is 0.152. The summed E-state index contributed by atoms with van der Waals surface area (Å²) in [6.07, 6.45) is 0. The molecule has 11 heteroatoms. The van der Waals surface area contributed by atoms with Gasteiger partial charge in [0.05, 0.1) is 16.6 Å². The normalized spacial score (nSPS) is 19.1. The van der Waals surface area contributed by atoms with Crippen molar-refractivity contribution in [1.82, 2.24) is 4.98 Å². The molecule has 2 N–H and O–H groups in total. The smallest absolute Gasteiger partial charge is 0.305 e. The molecule has 2 aliphatic rings. The number of thiazole rings is 1. The zero-order valence-electron chi connectivity index (χ0n) is 23.2. The minimum absolute atomic E-state index is 0.290. The van der Waals surface area contributed by atoms with E-state index in [1.165, 1.54) is 16.7 Å². The number of nitrogens with zero attached hydrogens (tertiary/aromatic N) is 1. The van der Waals surface area contributed by atoms with Crippen LogP contribution < -0.4 is 19.8 Å². The zero-order valence-corrected chi connectivity index (χ0v) is 25.6. The third-order valence-corrected chi connectivity index (χ3v) is 10.5. The van der Waals surface area contributed by atoms with Crippen molar-refractivity contribution in [3.8, 4) is 5.75 Å². The van der Waals surface area contributed by atoms with Gasteiger partial charge in [-0.3, -0.25) is 19.2 Å². The molecule has 4 aromatic carbocycles. The molecule has 3 unspecified atom stereocenters. The number of anilines is 2. The summed E-state index contributed by atoms with van der Waals surface area (Å²) in [5.74, 6) is -2.29. The highest BCUT2D eigenvalue weighted by atomic mass is 35.5. The fourth-order valence-electron chi connectivity index (χ4n) is 5.86. The summed E-state index contributed by atoms with van der Waals surface area (Å²) in [5, 5.41) is 4.97. The first-order valence-electron chi connectivity index (χ1n) is 13.8. The Balaban J connectivity index is 1.23. The van der Waals surface area contributed by atoms with Crippen LogP contribution >= 0.6 is 34.7 Å². The molecule has 0 radical (unpaired) electrons. The van der Waals surface area contributed by atoms with E-state index in [4.69, 9.17) is 16.3 Å². The molecular formula is C33H24ClN3O5S2. The summed E-state index contributed by atoms with van der Waals surface area (Å²) >= 11 is 8.66. The van der Waals surface area contributed by atoms with Gasteiger partial charge in [-0.1, -0.05) is 88.8 Å². The van der Waals surface area contributed by atoms with Crippen LogP contribution in [-0.4, -0.2) is 34.6 Å². The van der Waals surface area contributed by atoms with Gasteiger partial charge in [-0.25, -0.2) is 4.90 Å². The van der Waals surface area contributed by atoms with E-state index >= 15 is 0 Å². The minimum atomic E-state index is -0.821. The van der Waals surface area contributed by atoms with E-state index in [1.807, 2.05) is 61.5 Å². The standard InChI is InChI=1S/C33H24ClN3O5S2/c1-17-9-12-20(13-10-17)37-31(39)27-26(28-30(36-33(41)44-28)43-29(27)32(37)40)22-15-19(34)11-14-24(22)42-16-25(38)35-23-8-4-6-18-5-2-3-7-21(18)23/h2-15,26-27,29H,16H2,1H3,(H,35,38)(H,36,41). The molecule has 1 aromatic heterocycles. The van der Waals surface area contributed by atoms with Crippen molar-refractivity contribution in [2.45, 2.75) is 23.1 Å². The van der Waals surface area contributed by atoms with Gasteiger partial charge >= 0.3 is 4.87 Å². The van der Waals surface area contributed by atoms with Gasteiger partial charge in [0.2, 0.25) is 11.8 Å². The first-order valence-corrected chi connectivity index (χ1v) is 15.9. The molecule has 0 spiro atoms. The van der Waals surface area contributed by atoms with Crippen LogP contribution in [0.5, 0.6) is 5.75 Å². The lowest BCUT2D eigenvalue weighted by molar-refractivity contribution is -0.122. The summed E-state index contributed by atoms with van der Waals surface area (Å²) < 4.78 is 6.08. The number of H-pyrrole nitrogens is 1. The maximum atomic E-state index is 14.1. The Morgan fingerprint density at radius 2 is 1.75 bits per heavy atom. The topological polar surface area (TPSA) is 109 Å². The number of benzene rings is 4. The number of amides is 3. The van der Waals surface area contributed by atoms with E-state index in [0.717, 1.165) is 27.7 Å². The maximum Gasteiger partial charge on any atom is 0.305 e. The largest absolute Gasteiger partial charge is 0.483 e. The maximum absolute atomic E-state index is 14.1. The van der Waals surface area contributed by atoms with Crippen molar-refractivity contribution in [1.29, 1.82) is 0 Å². The Hall–Kier alpha value is -4.38. The number of aryl methyl sites for hydroxylation is 1. The van der Waals surface area contributed by atoms with Gasteiger partial charge in [0.25, 0.3) is 5.91 Å². The second-order valence-corrected chi connectivity index (χ2v) is 13.2. The van der Waals surface area contributed by atoms with Crippen LogP contribution in [0.4, 0.5) is 11.4 Å². The molecule has 0 aliphatic carbocycles. The first kappa shape index (κ1) is 28.4. The summed E-state index contributed by atoms with van der Waals surface area (Å²) in [4.78, 5) is 57.8. The van der Waals surface area contributed by atoms with E-state index < -0.39 is 17.1 Å². The van der Waals surface area contributed by atoms with Gasteiger partial charge in [0.15, 0.2) is 6.61 Å². The van der Waals surface area contributed by atoms with Crippen molar-refractivity contribution in [2.75, 3.05) is 16.8 Å². The van der Waals surface area contributed by atoms with Crippen molar-refractivity contribution in [3.05, 3.63) is 116 Å². The average Bonchev–Trinajstić information content (AvgIpc) is 3.51. The van der Waals surface area contributed by atoms with Crippen LogP contribution in [0.1, 0.15) is 21.9 Å². The van der Waals surface area contributed by atoms with Gasteiger partial charge in [-0.2, -0.15) is 0 Å². The Morgan fingerprint density at radius 1 is 0.977 bits per heavy atom. The Bertz CT molecular complexity index is 2020. The average molecular weight is 642 g/mol. The van der Waals surface area contributed by atoms with Gasteiger partial charge in [-0.15, -0.1) is 0 Å². The molecule has 44 heavy (non-hydrogen) atoms. The van der Waals surface area contributed by atoms with Crippen LogP contribution in [-0.2, 0) is 14.4 Å². The van der Waals surface area contributed by atoms with E-state index in [0.29, 0.717) is 37.6 Å². The molecule has 5 aromatic rings. The fourth-order valence-corrected chi connectivity index (χ4v) is 8.54. The molecule has 7 rings (SSSR count). The third-order valence-electron chi connectivity index (χ3n) is 7.85. The number of rotatable bonds is 6. The lowest BCUT2D eigenvalue weighted by Gasteiger charge is -2.31. The molecule has 1 saturated heterocycles. The van der Waals surface area contributed by atoms with Crippen LogP contribution in [0.2, 0.25) is 5.02 Å². The number of nitrogens with one attached hydrogen (secondary N) is 2. The van der Waals surface area contributed by atoms with Gasteiger partial charge in [0.1, 0.15) is 11.0 Å². The molecule has 1 fully saturated rings. The monoisotopic (exact) mass is 641 g/mol. The zero-order chi connectivity index (χ0) is 30.5. The highest BCUT2D eigenvalue weighted by molar-refractivity contribution is 8.00. The number of fused-ring (bicyclic) bond motifs is 3. The van der Waals surface area contributed by atoms with Gasteiger partial charge < -0.3 is 15.0 Å². The SMILES string of the molecule is Cc1ccc(N2C(=O)C3Sc4[nH]c(=O)sc4C(c4cc(Cl)ccc4OCC(=O)Nc4cccc5ccccc45)C3C2=O)cc1. The predicted molar refractivity (Wildman–Crippen MR) is 173 cm³/mol. The van der Waals surface area contributed by atoms with Crippen molar-refractivity contribution < 1.29 is 19.1 Å². The number of carbonyl (C=O) groups excluding carboxylic acids is 3. The summed E-state index contributed by atoms with van der Waals surface area (Å²) in [7, 11) is 0. The highest BCUT2D eigenvalue weighted by Gasteiger charge is 2.56. The van der Waals surface area contributed by atoms with Crippen molar-refractivity contribution >= 4 is 74.6 Å². The van der Waals surface area contributed by atoms with Gasteiger partial charge in [-0.05, 0) is 48.7 Å². The number of thioether (sulfide) groups is 1. The molecule has 0 saturated carbocycles. The lowest BCUT2D eigenvalue weighted by atomic mass is 9.82. The summed E-state index contributed by atoms with van der Waals surface area (Å²) in [5.41, 5.74) is 2.67. The third kappa shape index (κ3) is 4.98. The summed E-state index contributed by atoms with van der Waals surface area (Å²) in [6.45, 7) is 1.62. The Labute approximate surface area is 265 Å². The van der Waals surface area contributed by atoms with E-state index in [-0.39, 0.29) is 29.2 Å². The van der Waals surface area contributed by atoms with E-state index in [1.54, 1.807) is 30.3 Å². The Morgan fingerprint density at radius 3 is 2.57 bits per heavy atom. The first-order chi connectivity index (χ1) is 21.3. The molecule has 2 aliphatic heterocycles. The molecular weight excluding hydrogens is 618 g/mol. The predicted octanol–water partition coefficient (Wildman–Crippen LogP) is 6.36. The number of aromatic nitrogens is 1. The number of aromatic amines is 1. The second kappa shape index (κ2) is 11.3. The van der Waals surface area contributed by atoms with Crippen LogP contribution in [0.25, 0.3) is 10.8 Å². The van der Waals surface area contributed by atoms with Crippen molar-refractivity contribution in [2.24, 2.45) is 5.92 Å². The number of hydrogen-bond acceptors (Lipinski definition) is 7. The lowest BCUT2D eigenvalue weighted by Crippen LogP contribution is -2.32. The molecule has 3 heterocycles. The number of carbonyl (C=O) groups is 3. The molecule has 3 amide bonds. The molecule has 0 bridgehead atoms.